The van der Waals surface area contributed by atoms with Crippen molar-refractivity contribution in [1.29, 1.82) is 0 Å². The number of aliphatic carboxylic acids is 2. The summed E-state index contributed by atoms with van der Waals surface area (Å²) in [5.41, 5.74) is 0. The van der Waals surface area contributed by atoms with Crippen LogP contribution in [0.1, 0.15) is 25.7 Å². The van der Waals surface area contributed by atoms with Gasteiger partial charge in [-0.1, -0.05) is 0 Å². The van der Waals surface area contributed by atoms with E-state index in [0.717, 1.165) is 25.9 Å². The molecule has 0 saturated carbocycles. The summed E-state index contributed by atoms with van der Waals surface area (Å²) in [6, 6.07) is -1.77. The van der Waals surface area contributed by atoms with Gasteiger partial charge in [0.2, 0.25) is 0 Å². The Morgan fingerprint density at radius 2 is 2.05 bits per heavy atom. The minimum Gasteiger partial charge on any atom is -0.481 e. The number of nitrogens with zero attached hydrogens (tertiary/aromatic N) is 1. The second-order valence-electron chi connectivity index (χ2n) is 5.04. The Bertz CT molecular complexity index is 374. The number of urea groups is 1. The Hall–Kier alpha value is -1.83. The highest BCUT2D eigenvalue weighted by Crippen LogP contribution is 2.07. The first-order valence-corrected chi connectivity index (χ1v) is 6.58. The van der Waals surface area contributed by atoms with Crippen molar-refractivity contribution < 1.29 is 24.6 Å². The van der Waals surface area contributed by atoms with Crippen molar-refractivity contribution >= 4 is 18.0 Å². The zero-order chi connectivity index (χ0) is 15.1. The highest BCUT2D eigenvalue weighted by molar-refractivity contribution is 5.83. The predicted molar refractivity (Wildman–Crippen MR) is 70.5 cm³/mol. The van der Waals surface area contributed by atoms with Gasteiger partial charge >= 0.3 is 18.0 Å². The molecule has 0 aromatic heterocycles. The topological polar surface area (TPSA) is 119 Å². The molecule has 8 nitrogen and oxygen atoms in total. The first kappa shape index (κ1) is 16.2. The van der Waals surface area contributed by atoms with Crippen LogP contribution in [0.25, 0.3) is 0 Å². The van der Waals surface area contributed by atoms with E-state index in [4.69, 9.17) is 10.2 Å². The third-order valence-corrected chi connectivity index (χ3v) is 3.21. The third-order valence-electron chi connectivity index (χ3n) is 3.21. The molecule has 0 aromatic carbocycles. The van der Waals surface area contributed by atoms with Crippen LogP contribution in [0.3, 0.4) is 0 Å². The van der Waals surface area contributed by atoms with Gasteiger partial charge in [0.05, 0.1) is 0 Å². The van der Waals surface area contributed by atoms with Crippen molar-refractivity contribution in [3.63, 3.8) is 0 Å². The van der Waals surface area contributed by atoms with Crippen molar-refractivity contribution in [2.75, 3.05) is 20.1 Å². The Kier molecular flexibility index (Phi) is 6.23. The fourth-order valence-corrected chi connectivity index (χ4v) is 2.19. The number of carboxylic acids is 2. The number of nitrogens with one attached hydrogen (secondary N) is 2. The minimum atomic E-state index is -1.23. The largest absolute Gasteiger partial charge is 0.481 e. The maximum absolute atomic E-state index is 11.7. The van der Waals surface area contributed by atoms with Crippen LogP contribution in [0.5, 0.6) is 0 Å². The summed E-state index contributed by atoms with van der Waals surface area (Å²) < 4.78 is 0. The highest BCUT2D eigenvalue weighted by atomic mass is 16.4. The number of rotatable bonds is 6. The SMILES string of the molecule is CN1CCCC(NC(=O)NC(CCC(=O)O)C(=O)O)C1. The molecule has 1 rings (SSSR count). The van der Waals surface area contributed by atoms with Crippen molar-refractivity contribution in [3.05, 3.63) is 0 Å². The molecule has 2 amide bonds. The van der Waals surface area contributed by atoms with Gasteiger partial charge in [-0.05, 0) is 32.9 Å². The quantitative estimate of drug-likeness (QED) is 0.532. The van der Waals surface area contributed by atoms with Gasteiger partial charge in [-0.15, -0.1) is 0 Å². The molecule has 20 heavy (non-hydrogen) atoms. The smallest absolute Gasteiger partial charge is 0.326 e. The number of likely N-dealkylation sites (tertiary alicyclic amines) is 1. The third kappa shape index (κ3) is 5.87. The van der Waals surface area contributed by atoms with E-state index < -0.39 is 24.0 Å². The van der Waals surface area contributed by atoms with Gasteiger partial charge in [-0.3, -0.25) is 4.79 Å². The number of amides is 2. The molecular formula is C12H21N3O5. The highest BCUT2D eigenvalue weighted by Gasteiger charge is 2.23. The number of likely N-dealkylation sites (N-methyl/N-ethyl adjacent to an activating group) is 1. The second-order valence-corrected chi connectivity index (χ2v) is 5.04. The molecule has 1 fully saturated rings. The number of carbonyl (C=O) groups excluding carboxylic acids is 1. The molecule has 0 aromatic rings. The second kappa shape index (κ2) is 7.68. The molecule has 1 heterocycles. The van der Waals surface area contributed by atoms with Crippen LogP contribution >= 0.6 is 0 Å². The summed E-state index contributed by atoms with van der Waals surface area (Å²) in [5.74, 6) is -2.32. The van der Waals surface area contributed by atoms with Gasteiger partial charge in [0, 0.05) is 19.0 Å². The zero-order valence-electron chi connectivity index (χ0n) is 11.5. The molecule has 1 aliphatic heterocycles. The first-order chi connectivity index (χ1) is 9.38. The zero-order valence-corrected chi connectivity index (χ0v) is 11.5. The summed E-state index contributed by atoms with van der Waals surface area (Å²) in [4.78, 5) is 35.2. The number of carboxylic acid groups (broad SMARTS) is 2. The molecule has 0 radical (unpaired) electrons. The Morgan fingerprint density at radius 3 is 2.60 bits per heavy atom. The fourth-order valence-electron chi connectivity index (χ4n) is 2.19. The van der Waals surface area contributed by atoms with Gasteiger partial charge in [0.1, 0.15) is 6.04 Å². The van der Waals surface area contributed by atoms with Crippen LogP contribution < -0.4 is 10.6 Å². The fraction of sp³-hybridized carbons (Fsp3) is 0.750. The molecule has 0 spiro atoms. The lowest BCUT2D eigenvalue weighted by Crippen LogP contribution is -2.53. The molecule has 114 valence electrons. The van der Waals surface area contributed by atoms with E-state index in [0.29, 0.717) is 0 Å². The lowest BCUT2D eigenvalue weighted by atomic mass is 10.1. The summed E-state index contributed by atoms with van der Waals surface area (Å²) >= 11 is 0. The number of hydrogen-bond acceptors (Lipinski definition) is 4. The molecule has 0 bridgehead atoms. The Labute approximate surface area is 117 Å². The van der Waals surface area contributed by atoms with E-state index in [9.17, 15) is 14.4 Å². The number of carbonyl (C=O) groups is 3. The van der Waals surface area contributed by atoms with Crippen LogP contribution in [-0.2, 0) is 9.59 Å². The van der Waals surface area contributed by atoms with Crippen LogP contribution in [0.4, 0.5) is 4.79 Å². The van der Waals surface area contributed by atoms with E-state index in [1.54, 1.807) is 0 Å². The Balaban J connectivity index is 2.40. The average Bonchev–Trinajstić information content (AvgIpc) is 2.33. The minimum absolute atomic E-state index is 0.0114. The van der Waals surface area contributed by atoms with Crippen molar-refractivity contribution in [3.8, 4) is 0 Å². The van der Waals surface area contributed by atoms with Gasteiger partial charge in [0.25, 0.3) is 0 Å². The van der Waals surface area contributed by atoms with Crippen LogP contribution in [0, 0.1) is 0 Å². The normalized spacial score (nSPS) is 20.9. The molecule has 0 aliphatic carbocycles. The number of hydrogen-bond donors (Lipinski definition) is 4. The molecule has 1 saturated heterocycles. The standard InChI is InChI=1S/C12H21N3O5/c1-15-6-2-3-8(7-15)13-12(20)14-9(11(18)19)4-5-10(16)17/h8-9H,2-7H2,1H3,(H,16,17)(H,18,19)(H2,13,14,20). The van der Waals surface area contributed by atoms with Crippen LogP contribution in [0.2, 0.25) is 0 Å². The summed E-state index contributed by atoms with van der Waals surface area (Å²) in [6.45, 7) is 1.70. The summed E-state index contributed by atoms with van der Waals surface area (Å²) in [6.07, 6.45) is 1.39. The summed E-state index contributed by atoms with van der Waals surface area (Å²) in [7, 11) is 1.96. The van der Waals surface area contributed by atoms with Gasteiger partial charge in [0.15, 0.2) is 0 Å². The first-order valence-electron chi connectivity index (χ1n) is 6.58. The molecule has 2 unspecified atom stereocenters. The molecule has 1 aliphatic rings. The van der Waals surface area contributed by atoms with E-state index in [1.165, 1.54) is 0 Å². The van der Waals surface area contributed by atoms with Gasteiger partial charge in [-0.25, -0.2) is 9.59 Å². The molecule has 4 N–H and O–H groups in total. The molecular weight excluding hydrogens is 266 g/mol. The van der Waals surface area contributed by atoms with E-state index in [1.807, 2.05) is 7.05 Å². The monoisotopic (exact) mass is 287 g/mol. The van der Waals surface area contributed by atoms with E-state index in [-0.39, 0.29) is 18.9 Å². The van der Waals surface area contributed by atoms with E-state index >= 15 is 0 Å². The predicted octanol–water partition coefficient (Wildman–Crippen LogP) is -0.302. The van der Waals surface area contributed by atoms with Crippen molar-refractivity contribution in [2.45, 2.75) is 37.8 Å². The number of piperidine rings is 1. The van der Waals surface area contributed by atoms with Crippen molar-refractivity contribution in [2.24, 2.45) is 0 Å². The Morgan fingerprint density at radius 1 is 1.35 bits per heavy atom. The lowest BCUT2D eigenvalue weighted by Gasteiger charge is -2.30. The van der Waals surface area contributed by atoms with E-state index in [2.05, 4.69) is 15.5 Å². The van der Waals surface area contributed by atoms with Gasteiger partial charge < -0.3 is 25.7 Å². The average molecular weight is 287 g/mol. The van der Waals surface area contributed by atoms with Crippen LogP contribution in [0.15, 0.2) is 0 Å². The molecule has 2 atom stereocenters. The van der Waals surface area contributed by atoms with Gasteiger partial charge in [-0.2, -0.15) is 0 Å². The maximum atomic E-state index is 11.7. The van der Waals surface area contributed by atoms with Crippen LogP contribution in [-0.4, -0.2) is 65.3 Å². The maximum Gasteiger partial charge on any atom is 0.326 e. The van der Waals surface area contributed by atoms with Crippen molar-refractivity contribution in [1.82, 2.24) is 15.5 Å². The lowest BCUT2D eigenvalue weighted by molar-refractivity contribution is -0.140. The molecule has 8 heteroatoms. The summed E-state index contributed by atoms with van der Waals surface area (Å²) in [5, 5.41) is 22.5.